The van der Waals surface area contributed by atoms with Crippen molar-refractivity contribution >= 4 is 43.5 Å². The van der Waals surface area contributed by atoms with Crippen molar-refractivity contribution in [2.75, 3.05) is 13.2 Å². The molecule has 1 aliphatic rings. The van der Waals surface area contributed by atoms with E-state index >= 15 is 0 Å². The maximum atomic E-state index is 13.2. The molecule has 0 radical (unpaired) electrons. The van der Waals surface area contributed by atoms with Gasteiger partial charge in [0.25, 0.3) is 0 Å². The number of benzene rings is 1. The third-order valence-corrected chi connectivity index (χ3v) is 7.98. The number of rotatable bonds is 4. The van der Waals surface area contributed by atoms with Crippen LogP contribution in [-0.2, 0) is 24.1 Å². The number of likely N-dealkylation sites (tertiary alicyclic amines) is 1. The minimum absolute atomic E-state index is 0.0163. The number of esters is 1. The number of para-hydroxylation sites is 1. The Morgan fingerprint density at radius 3 is 2.59 bits per heavy atom. The summed E-state index contributed by atoms with van der Waals surface area (Å²) in [5.41, 5.74) is -0.180. The van der Waals surface area contributed by atoms with Gasteiger partial charge in [-0.05, 0) is 46.2 Å². The van der Waals surface area contributed by atoms with Crippen molar-refractivity contribution in [1.82, 2.24) is 9.88 Å². The van der Waals surface area contributed by atoms with Crippen molar-refractivity contribution in [3.63, 3.8) is 0 Å². The van der Waals surface area contributed by atoms with Gasteiger partial charge in [0.2, 0.25) is 14.2 Å². The van der Waals surface area contributed by atoms with Crippen LogP contribution >= 0.6 is 11.3 Å². The summed E-state index contributed by atoms with van der Waals surface area (Å²) in [7, 11) is -3.84. The lowest BCUT2D eigenvalue weighted by Gasteiger charge is -2.27. The smallest absolute Gasteiger partial charge is 0.411 e. The molecule has 2 atom stereocenters. The van der Waals surface area contributed by atoms with Crippen molar-refractivity contribution in [2.45, 2.75) is 55.3 Å². The molecule has 0 saturated carbocycles. The number of aromatic nitrogens is 1. The Labute approximate surface area is 173 Å². The maximum absolute atomic E-state index is 13.2. The van der Waals surface area contributed by atoms with Gasteiger partial charge in [-0.25, -0.2) is 23.0 Å². The van der Waals surface area contributed by atoms with Crippen molar-refractivity contribution < 1.29 is 27.5 Å². The van der Waals surface area contributed by atoms with Gasteiger partial charge in [0, 0.05) is 6.54 Å². The molecule has 0 N–H and O–H groups in total. The van der Waals surface area contributed by atoms with Crippen LogP contribution < -0.4 is 0 Å². The standard InChI is InChI=1S/C19H24N2O6S2/c1-5-26-16(22)14-10-12(11-21(14)18(23)27-19(2,3)4)29(24,25)17-20-13-8-6-7-9-15(13)28-17/h6-9,12,14H,5,10-11H2,1-4H3/t12-,14+/m1/s1. The predicted molar refractivity (Wildman–Crippen MR) is 109 cm³/mol. The molecule has 0 unspecified atom stereocenters. The fourth-order valence-corrected chi connectivity index (χ4v) is 6.26. The summed E-state index contributed by atoms with van der Waals surface area (Å²) >= 11 is 1.08. The number of thiazole rings is 1. The highest BCUT2D eigenvalue weighted by Crippen LogP contribution is 2.33. The second kappa shape index (κ2) is 7.91. The number of amides is 1. The number of fused-ring (bicyclic) bond motifs is 1. The molecule has 29 heavy (non-hydrogen) atoms. The first-order valence-corrected chi connectivity index (χ1v) is 11.6. The third kappa shape index (κ3) is 4.53. The second-order valence-corrected chi connectivity index (χ2v) is 11.2. The van der Waals surface area contributed by atoms with Crippen LogP contribution in [0.3, 0.4) is 0 Å². The average molecular weight is 441 g/mol. The van der Waals surface area contributed by atoms with E-state index in [0.29, 0.717) is 5.52 Å². The van der Waals surface area contributed by atoms with Crippen LogP contribution in [0.4, 0.5) is 4.79 Å². The monoisotopic (exact) mass is 440 g/mol. The molecular weight excluding hydrogens is 416 g/mol. The van der Waals surface area contributed by atoms with Gasteiger partial charge in [0.05, 0.1) is 22.1 Å². The van der Waals surface area contributed by atoms with Crippen molar-refractivity contribution in [1.29, 1.82) is 0 Å². The Morgan fingerprint density at radius 2 is 1.97 bits per heavy atom. The first kappa shape index (κ1) is 21.5. The largest absolute Gasteiger partial charge is 0.464 e. The molecule has 3 rings (SSSR count). The van der Waals surface area contributed by atoms with Crippen molar-refractivity contribution in [2.24, 2.45) is 0 Å². The van der Waals surface area contributed by atoms with Gasteiger partial charge < -0.3 is 9.47 Å². The molecule has 1 aromatic carbocycles. The predicted octanol–water partition coefficient (Wildman–Crippen LogP) is 3.01. The molecule has 1 amide bonds. The van der Waals surface area contributed by atoms with Crippen LogP contribution in [-0.4, -0.2) is 60.4 Å². The number of nitrogens with zero attached hydrogens (tertiary/aromatic N) is 2. The highest BCUT2D eigenvalue weighted by molar-refractivity contribution is 7.94. The summed E-state index contributed by atoms with van der Waals surface area (Å²) in [6.45, 7) is 6.74. The van der Waals surface area contributed by atoms with E-state index in [1.165, 1.54) is 0 Å². The minimum atomic E-state index is -3.84. The van der Waals surface area contributed by atoms with E-state index in [2.05, 4.69) is 4.98 Å². The Bertz CT molecular complexity index is 992. The molecule has 1 aromatic heterocycles. The summed E-state index contributed by atoms with van der Waals surface area (Å²) in [6.07, 6.45) is -0.798. The number of carbonyl (C=O) groups excluding carboxylic acids is 2. The van der Waals surface area contributed by atoms with E-state index in [1.54, 1.807) is 45.9 Å². The number of hydrogen-bond donors (Lipinski definition) is 0. The van der Waals surface area contributed by atoms with E-state index in [1.807, 2.05) is 6.07 Å². The quantitative estimate of drug-likeness (QED) is 0.673. The molecule has 8 nitrogen and oxygen atoms in total. The number of sulfone groups is 1. The van der Waals surface area contributed by atoms with E-state index in [4.69, 9.17) is 9.47 Å². The molecule has 0 aliphatic carbocycles. The number of carbonyl (C=O) groups is 2. The molecular formula is C19H24N2O6S2. The van der Waals surface area contributed by atoms with Crippen LogP contribution in [0.25, 0.3) is 10.2 Å². The summed E-state index contributed by atoms with van der Waals surface area (Å²) < 4.78 is 37.6. The van der Waals surface area contributed by atoms with Crippen LogP contribution in [0.5, 0.6) is 0 Å². The fourth-order valence-electron chi connectivity index (χ4n) is 3.12. The molecule has 1 fully saturated rings. The minimum Gasteiger partial charge on any atom is -0.464 e. The number of hydrogen-bond acceptors (Lipinski definition) is 8. The highest BCUT2D eigenvalue weighted by atomic mass is 32.2. The van der Waals surface area contributed by atoms with Crippen LogP contribution in [0.2, 0.25) is 0 Å². The number of ether oxygens (including phenoxy) is 2. The van der Waals surface area contributed by atoms with Crippen LogP contribution in [0.15, 0.2) is 28.6 Å². The SMILES string of the molecule is CCOC(=O)[C@@H]1C[C@@H](S(=O)(=O)c2nc3ccccc3s2)CN1C(=O)OC(C)(C)C. The van der Waals surface area contributed by atoms with Gasteiger partial charge >= 0.3 is 12.1 Å². The average Bonchev–Trinajstić information content (AvgIpc) is 3.26. The molecule has 1 aliphatic heterocycles. The Balaban J connectivity index is 1.91. The van der Waals surface area contributed by atoms with Gasteiger partial charge in [-0.2, -0.15) is 0 Å². The van der Waals surface area contributed by atoms with Gasteiger partial charge in [-0.15, -0.1) is 11.3 Å². The van der Waals surface area contributed by atoms with E-state index < -0.39 is 38.8 Å². The Morgan fingerprint density at radius 1 is 1.28 bits per heavy atom. The molecule has 1 saturated heterocycles. The van der Waals surface area contributed by atoms with Crippen molar-refractivity contribution in [3.05, 3.63) is 24.3 Å². The van der Waals surface area contributed by atoms with E-state index in [-0.39, 0.29) is 23.9 Å². The fraction of sp³-hybridized carbons (Fsp3) is 0.526. The summed E-state index contributed by atoms with van der Waals surface area (Å²) in [4.78, 5) is 30.4. The third-order valence-electron chi connectivity index (χ3n) is 4.41. The van der Waals surface area contributed by atoms with Crippen LogP contribution in [0, 0.1) is 0 Å². The summed E-state index contributed by atoms with van der Waals surface area (Å²) in [5, 5.41) is -0.968. The van der Waals surface area contributed by atoms with Gasteiger partial charge in [0.15, 0.2) is 0 Å². The lowest BCUT2D eigenvalue weighted by molar-refractivity contribution is -0.148. The normalized spacial score (nSPS) is 20.1. The summed E-state index contributed by atoms with van der Waals surface area (Å²) in [6, 6.07) is 6.13. The van der Waals surface area contributed by atoms with E-state index in [9.17, 15) is 18.0 Å². The molecule has 0 spiro atoms. The maximum Gasteiger partial charge on any atom is 0.411 e. The molecule has 0 bridgehead atoms. The Kier molecular flexibility index (Phi) is 5.86. The second-order valence-electron chi connectivity index (χ2n) is 7.75. The van der Waals surface area contributed by atoms with E-state index in [0.717, 1.165) is 20.9 Å². The van der Waals surface area contributed by atoms with Gasteiger partial charge in [-0.1, -0.05) is 12.1 Å². The zero-order valence-electron chi connectivity index (χ0n) is 16.7. The lowest BCUT2D eigenvalue weighted by Crippen LogP contribution is -2.44. The molecule has 2 heterocycles. The highest BCUT2D eigenvalue weighted by Gasteiger charge is 2.48. The molecule has 158 valence electrons. The van der Waals surface area contributed by atoms with Crippen molar-refractivity contribution in [3.8, 4) is 0 Å². The first-order chi connectivity index (χ1) is 13.5. The molecule has 10 heteroatoms. The zero-order chi connectivity index (χ0) is 21.4. The van der Waals surface area contributed by atoms with Crippen LogP contribution in [0.1, 0.15) is 34.1 Å². The Hall–Kier alpha value is -2.20. The lowest BCUT2D eigenvalue weighted by atomic mass is 10.2. The van der Waals surface area contributed by atoms with Gasteiger partial charge in [0.1, 0.15) is 11.6 Å². The first-order valence-electron chi connectivity index (χ1n) is 9.28. The topological polar surface area (TPSA) is 103 Å². The summed E-state index contributed by atoms with van der Waals surface area (Å²) in [5.74, 6) is -0.639. The zero-order valence-corrected chi connectivity index (χ0v) is 18.4. The molecule has 2 aromatic rings. The van der Waals surface area contributed by atoms with Gasteiger partial charge in [-0.3, -0.25) is 4.90 Å².